The maximum absolute atomic E-state index is 12.1. The summed E-state index contributed by atoms with van der Waals surface area (Å²) in [4.78, 5) is 25.7. The van der Waals surface area contributed by atoms with E-state index in [9.17, 15) is 9.59 Å². The first-order chi connectivity index (χ1) is 13.0. The van der Waals surface area contributed by atoms with Gasteiger partial charge < -0.3 is 19.7 Å². The first kappa shape index (κ1) is 20.3. The molecule has 0 saturated carbocycles. The lowest BCUT2D eigenvalue weighted by Gasteiger charge is -2.21. The highest BCUT2D eigenvalue weighted by atomic mass is 16.5. The Morgan fingerprint density at radius 3 is 2.30 bits per heavy atom. The lowest BCUT2D eigenvalue weighted by Crippen LogP contribution is -2.38. The van der Waals surface area contributed by atoms with Gasteiger partial charge in [0.15, 0.2) is 11.5 Å². The molecule has 0 aliphatic carbocycles. The minimum absolute atomic E-state index is 0.0237. The molecule has 0 aliphatic heterocycles. The summed E-state index contributed by atoms with van der Waals surface area (Å²) in [7, 11) is 3.19. The number of methoxy groups -OCH3 is 2. The zero-order valence-corrected chi connectivity index (χ0v) is 16.0. The topological polar surface area (TPSA) is 67.9 Å². The van der Waals surface area contributed by atoms with Crippen molar-refractivity contribution >= 4 is 11.8 Å². The second-order valence-corrected chi connectivity index (χ2v) is 6.07. The average molecular weight is 370 g/mol. The molecule has 144 valence electrons. The fourth-order valence-corrected chi connectivity index (χ4v) is 2.72. The predicted molar refractivity (Wildman–Crippen MR) is 104 cm³/mol. The van der Waals surface area contributed by atoms with Gasteiger partial charge in [-0.3, -0.25) is 9.59 Å². The number of benzene rings is 2. The van der Waals surface area contributed by atoms with Gasteiger partial charge in [-0.2, -0.15) is 0 Å². The molecule has 6 nitrogen and oxygen atoms in total. The van der Waals surface area contributed by atoms with E-state index in [0.717, 1.165) is 5.56 Å². The van der Waals surface area contributed by atoms with Gasteiger partial charge in [-0.25, -0.2) is 0 Å². The number of hydrogen-bond donors (Lipinski definition) is 1. The number of hydrogen-bond acceptors (Lipinski definition) is 4. The van der Waals surface area contributed by atoms with Crippen molar-refractivity contribution in [2.24, 2.45) is 0 Å². The smallest absolute Gasteiger partial charge is 0.251 e. The molecule has 2 rings (SSSR count). The highest BCUT2D eigenvalue weighted by Gasteiger charge is 2.11. The fourth-order valence-electron chi connectivity index (χ4n) is 2.72. The SMILES string of the molecule is COc1ccc(CCN(CCNC(=O)c2ccccc2)C(C)=O)cc1OC. The number of ether oxygens (including phenoxy) is 2. The second kappa shape index (κ2) is 10.2. The molecule has 0 atom stereocenters. The number of rotatable bonds is 9. The Morgan fingerprint density at radius 1 is 0.963 bits per heavy atom. The lowest BCUT2D eigenvalue weighted by atomic mass is 10.1. The highest BCUT2D eigenvalue weighted by Crippen LogP contribution is 2.27. The van der Waals surface area contributed by atoms with Crippen LogP contribution in [-0.4, -0.2) is 50.6 Å². The maximum atomic E-state index is 12.1. The molecule has 0 spiro atoms. The van der Waals surface area contributed by atoms with Gasteiger partial charge in [0, 0.05) is 32.1 Å². The molecule has 0 aliphatic rings. The third-order valence-corrected chi connectivity index (χ3v) is 4.27. The Labute approximate surface area is 160 Å². The summed E-state index contributed by atoms with van der Waals surface area (Å²) in [6, 6.07) is 14.7. The number of carbonyl (C=O) groups is 2. The summed E-state index contributed by atoms with van der Waals surface area (Å²) < 4.78 is 10.5. The maximum Gasteiger partial charge on any atom is 0.251 e. The van der Waals surface area contributed by atoms with Crippen LogP contribution in [-0.2, 0) is 11.2 Å². The van der Waals surface area contributed by atoms with E-state index < -0.39 is 0 Å². The second-order valence-electron chi connectivity index (χ2n) is 6.07. The Bertz CT molecular complexity index is 762. The van der Waals surface area contributed by atoms with Crippen molar-refractivity contribution in [2.75, 3.05) is 33.9 Å². The molecular weight excluding hydrogens is 344 g/mol. The fraction of sp³-hybridized carbons (Fsp3) is 0.333. The van der Waals surface area contributed by atoms with Gasteiger partial charge in [0.25, 0.3) is 5.91 Å². The summed E-state index contributed by atoms with van der Waals surface area (Å²) >= 11 is 0. The summed E-state index contributed by atoms with van der Waals surface area (Å²) in [5.41, 5.74) is 1.66. The third-order valence-electron chi connectivity index (χ3n) is 4.27. The van der Waals surface area contributed by atoms with E-state index in [2.05, 4.69) is 5.32 Å². The van der Waals surface area contributed by atoms with Crippen molar-refractivity contribution in [3.05, 3.63) is 59.7 Å². The van der Waals surface area contributed by atoms with Crippen molar-refractivity contribution < 1.29 is 19.1 Å². The molecule has 0 unspecified atom stereocenters. The van der Waals surface area contributed by atoms with Gasteiger partial charge in [-0.15, -0.1) is 0 Å². The normalized spacial score (nSPS) is 10.2. The van der Waals surface area contributed by atoms with E-state index in [4.69, 9.17) is 9.47 Å². The number of nitrogens with zero attached hydrogens (tertiary/aromatic N) is 1. The molecule has 2 aromatic rings. The summed E-state index contributed by atoms with van der Waals surface area (Å²) in [5.74, 6) is 1.18. The minimum Gasteiger partial charge on any atom is -0.493 e. The first-order valence-electron chi connectivity index (χ1n) is 8.84. The first-order valence-corrected chi connectivity index (χ1v) is 8.84. The van der Waals surface area contributed by atoms with Gasteiger partial charge in [0.05, 0.1) is 14.2 Å². The van der Waals surface area contributed by atoms with Gasteiger partial charge >= 0.3 is 0 Å². The van der Waals surface area contributed by atoms with Crippen molar-refractivity contribution in [1.82, 2.24) is 10.2 Å². The molecule has 2 aromatic carbocycles. The minimum atomic E-state index is -0.140. The van der Waals surface area contributed by atoms with E-state index in [0.29, 0.717) is 43.1 Å². The van der Waals surface area contributed by atoms with Crippen LogP contribution in [0.5, 0.6) is 11.5 Å². The van der Waals surface area contributed by atoms with Gasteiger partial charge in [-0.05, 0) is 36.2 Å². The Balaban J connectivity index is 1.87. The summed E-state index contributed by atoms with van der Waals surface area (Å²) in [5, 5.41) is 2.85. The van der Waals surface area contributed by atoms with Gasteiger partial charge in [-0.1, -0.05) is 24.3 Å². The molecule has 0 saturated heterocycles. The van der Waals surface area contributed by atoms with Gasteiger partial charge in [0.2, 0.25) is 5.91 Å². The molecule has 0 aromatic heterocycles. The van der Waals surface area contributed by atoms with Gasteiger partial charge in [0.1, 0.15) is 0 Å². The number of amides is 2. The quantitative estimate of drug-likeness (QED) is 0.737. The van der Waals surface area contributed by atoms with Crippen LogP contribution < -0.4 is 14.8 Å². The van der Waals surface area contributed by atoms with Crippen LogP contribution >= 0.6 is 0 Å². The van der Waals surface area contributed by atoms with E-state index in [-0.39, 0.29) is 11.8 Å². The zero-order chi connectivity index (χ0) is 19.6. The molecule has 2 amide bonds. The summed E-state index contributed by atoms with van der Waals surface area (Å²) in [6.07, 6.45) is 0.687. The van der Waals surface area contributed by atoms with Crippen LogP contribution in [0.2, 0.25) is 0 Å². The Kier molecular flexibility index (Phi) is 7.67. The molecule has 0 radical (unpaired) electrons. The third kappa shape index (κ3) is 6.02. The van der Waals surface area contributed by atoms with Crippen molar-refractivity contribution in [3.8, 4) is 11.5 Å². The lowest BCUT2D eigenvalue weighted by molar-refractivity contribution is -0.128. The van der Waals surface area contributed by atoms with Crippen LogP contribution in [0, 0.1) is 0 Å². The van der Waals surface area contributed by atoms with Crippen LogP contribution in [0.1, 0.15) is 22.8 Å². The van der Waals surface area contributed by atoms with Crippen LogP contribution in [0.3, 0.4) is 0 Å². The van der Waals surface area contributed by atoms with E-state index >= 15 is 0 Å². The predicted octanol–water partition coefficient (Wildman–Crippen LogP) is 2.52. The number of nitrogens with one attached hydrogen (secondary N) is 1. The van der Waals surface area contributed by atoms with E-state index in [1.807, 2.05) is 36.4 Å². The molecule has 0 bridgehead atoms. The van der Waals surface area contributed by atoms with Crippen LogP contribution in [0.25, 0.3) is 0 Å². The Morgan fingerprint density at radius 2 is 1.67 bits per heavy atom. The highest BCUT2D eigenvalue weighted by molar-refractivity contribution is 5.94. The van der Waals surface area contributed by atoms with E-state index in [1.165, 1.54) is 6.92 Å². The number of carbonyl (C=O) groups excluding carboxylic acids is 2. The Hall–Kier alpha value is -3.02. The molecular formula is C21H26N2O4. The molecule has 0 fully saturated rings. The van der Waals surface area contributed by atoms with Crippen molar-refractivity contribution in [1.29, 1.82) is 0 Å². The largest absolute Gasteiger partial charge is 0.493 e. The van der Waals surface area contributed by atoms with Crippen molar-refractivity contribution in [3.63, 3.8) is 0 Å². The van der Waals surface area contributed by atoms with Crippen LogP contribution in [0.4, 0.5) is 0 Å². The van der Waals surface area contributed by atoms with Crippen LogP contribution in [0.15, 0.2) is 48.5 Å². The molecule has 1 N–H and O–H groups in total. The monoisotopic (exact) mass is 370 g/mol. The molecule has 27 heavy (non-hydrogen) atoms. The standard InChI is InChI=1S/C21H26N2O4/c1-16(24)23(14-12-22-21(25)18-7-5-4-6-8-18)13-11-17-9-10-19(26-2)20(15-17)27-3/h4-10,15H,11-14H2,1-3H3,(H,22,25). The zero-order valence-electron chi connectivity index (χ0n) is 16.0. The van der Waals surface area contributed by atoms with E-state index in [1.54, 1.807) is 31.3 Å². The summed E-state index contributed by atoms with van der Waals surface area (Å²) in [6.45, 7) is 2.96. The molecule has 6 heteroatoms. The average Bonchev–Trinajstić information content (AvgIpc) is 2.70. The molecule has 0 heterocycles. The van der Waals surface area contributed by atoms with Crippen molar-refractivity contribution in [2.45, 2.75) is 13.3 Å².